The quantitative estimate of drug-likeness (QED) is 0.737. The van der Waals surface area contributed by atoms with E-state index in [0.717, 1.165) is 36.6 Å². The van der Waals surface area contributed by atoms with E-state index in [0.29, 0.717) is 11.3 Å². The van der Waals surface area contributed by atoms with Crippen LogP contribution in [0.2, 0.25) is 0 Å². The van der Waals surface area contributed by atoms with Crippen LogP contribution in [-0.4, -0.2) is 29.2 Å². The van der Waals surface area contributed by atoms with Crippen molar-refractivity contribution in [1.29, 1.82) is 0 Å². The molecular weight excluding hydrogens is 338 g/mol. The van der Waals surface area contributed by atoms with Gasteiger partial charge in [-0.2, -0.15) is 0 Å². The molecule has 7 heteroatoms. The molecule has 0 spiro atoms. The average molecular weight is 363 g/mol. The first-order chi connectivity index (χ1) is 11.6. The Hall–Kier alpha value is -2.02. The second kappa shape index (κ2) is 7.47. The van der Waals surface area contributed by atoms with E-state index in [1.165, 1.54) is 4.57 Å². The molecule has 0 amide bonds. The topological polar surface area (TPSA) is 81.9 Å². The van der Waals surface area contributed by atoms with E-state index in [9.17, 15) is 13.2 Å². The van der Waals surface area contributed by atoms with Gasteiger partial charge in [0.25, 0.3) is 5.56 Å². The molecular formula is C18H25N3O3S. The SMILES string of the molecule is CCCCc1cnc(S(C)(=O)=O)nc1-c1cc(C(C)C)c(=O)n(C)c1. The Kier molecular flexibility index (Phi) is 5.77. The van der Waals surface area contributed by atoms with Crippen molar-refractivity contribution in [3.8, 4) is 11.3 Å². The van der Waals surface area contributed by atoms with Gasteiger partial charge in [-0.25, -0.2) is 18.4 Å². The molecule has 0 unspecified atom stereocenters. The lowest BCUT2D eigenvalue weighted by Gasteiger charge is -2.14. The van der Waals surface area contributed by atoms with Gasteiger partial charge in [0.1, 0.15) is 0 Å². The van der Waals surface area contributed by atoms with Crippen LogP contribution in [0, 0.1) is 0 Å². The molecule has 0 aliphatic heterocycles. The second-order valence-electron chi connectivity index (χ2n) is 6.66. The van der Waals surface area contributed by atoms with Gasteiger partial charge in [-0.1, -0.05) is 27.2 Å². The summed E-state index contributed by atoms with van der Waals surface area (Å²) in [5, 5.41) is -0.192. The van der Waals surface area contributed by atoms with Gasteiger partial charge in [0.05, 0.1) is 5.69 Å². The van der Waals surface area contributed by atoms with Gasteiger partial charge in [-0.15, -0.1) is 0 Å². The van der Waals surface area contributed by atoms with Gasteiger partial charge in [0, 0.05) is 36.8 Å². The third kappa shape index (κ3) is 4.34. The first kappa shape index (κ1) is 19.3. The zero-order valence-corrected chi connectivity index (χ0v) is 16.2. The third-order valence-corrected chi connectivity index (χ3v) is 4.94. The van der Waals surface area contributed by atoms with Gasteiger partial charge in [0.15, 0.2) is 0 Å². The predicted octanol–water partition coefficient (Wildman–Crippen LogP) is 2.71. The number of hydrogen-bond donors (Lipinski definition) is 0. The Morgan fingerprint density at radius 3 is 2.52 bits per heavy atom. The lowest BCUT2D eigenvalue weighted by atomic mass is 9.99. The molecule has 0 N–H and O–H groups in total. The molecule has 2 aromatic rings. The van der Waals surface area contributed by atoms with E-state index >= 15 is 0 Å². The fourth-order valence-corrected chi connectivity index (χ4v) is 3.15. The molecule has 0 radical (unpaired) electrons. The van der Waals surface area contributed by atoms with E-state index in [1.54, 1.807) is 19.4 Å². The number of aromatic nitrogens is 3. The largest absolute Gasteiger partial charge is 0.318 e. The lowest BCUT2D eigenvalue weighted by Crippen LogP contribution is -2.22. The Balaban J connectivity index is 2.72. The van der Waals surface area contributed by atoms with Crippen LogP contribution in [-0.2, 0) is 23.3 Å². The summed E-state index contributed by atoms with van der Waals surface area (Å²) in [5.74, 6) is 0.0638. The molecule has 0 aliphatic rings. The van der Waals surface area contributed by atoms with Crippen molar-refractivity contribution in [2.24, 2.45) is 7.05 Å². The van der Waals surface area contributed by atoms with Crippen molar-refractivity contribution in [3.63, 3.8) is 0 Å². The molecule has 0 saturated heterocycles. The summed E-state index contributed by atoms with van der Waals surface area (Å²) in [4.78, 5) is 20.7. The van der Waals surface area contributed by atoms with Crippen molar-refractivity contribution >= 4 is 9.84 Å². The number of nitrogens with zero attached hydrogens (tertiary/aromatic N) is 3. The van der Waals surface area contributed by atoms with E-state index in [1.807, 2.05) is 19.9 Å². The summed E-state index contributed by atoms with van der Waals surface area (Å²) in [6.07, 6.45) is 7.12. The summed E-state index contributed by atoms with van der Waals surface area (Å²) < 4.78 is 25.2. The van der Waals surface area contributed by atoms with Crippen LogP contribution in [0.3, 0.4) is 0 Å². The fraction of sp³-hybridized carbons (Fsp3) is 0.500. The first-order valence-electron chi connectivity index (χ1n) is 8.42. The summed E-state index contributed by atoms with van der Waals surface area (Å²) in [5.41, 5.74) is 2.85. The zero-order chi connectivity index (χ0) is 18.8. The highest BCUT2D eigenvalue weighted by Gasteiger charge is 2.18. The van der Waals surface area contributed by atoms with Crippen molar-refractivity contribution in [3.05, 3.63) is 39.9 Å². The molecule has 0 aromatic carbocycles. The maximum absolute atomic E-state index is 12.3. The number of unbranched alkanes of at least 4 members (excludes halogenated alkanes) is 1. The monoisotopic (exact) mass is 363 g/mol. The van der Waals surface area contributed by atoms with Crippen LogP contribution in [0.5, 0.6) is 0 Å². The van der Waals surface area contributed by atoms with Gasteiger partial charge in [0.2, 0.25) is 15.0 Å². The highest BCUT2D eigenvalue weighted by molar-refractivity contribution is 7.90. The molecule has 0 fully saturated rings. The predicted molar refractivity (Wildman–Crippen MR) is 98.5 cm³/mol. The standard InChI is InChI=1S/C18H25N3O3S/c1-6-7-8-13-10-19-18(25(5,23)24)20-16(13)14-9-15(12(2)3)17(22)21(4)11-14/h9-12H,6-8H2,1-5H3. The van der Waals surface area contributed by atoms with Gasteiger partial charge in [-0.3, -0.25) is 4.79 Å². The molecule has 0 aliphatic carbocycles. The zero-order valence-electron chi connectivity index (χ0n) is 15.4. The van der Waals surface area contributed by atoms with E-state index in [2.05, 4.69) is 16.9 Å². The van der Waals surface area contributed by atoms with Crippen LogP contribution in [0.15, 0.2) is 28.4 Å². The van der Waals surface area contributed by atoms with Crippen molar-refractivity contribution in [1.82, 2.24) is 14.5 Å². The summed E-state index contributed by atoms with van der Waals surface area (Å²) in [6, 6.07) is 1.82. The van der Waals surface area contributed by atoms with E-state index in [-0.39, 0.29) is 16.6 Å². The van der Waals surface area contributed by atoms with Gasteiger partial charge < -0.3 is 4.57 Å². The molecule has 2 heterocycles. The maximum Gasteiger partial charge on any atom is 0.253 e. The number of rotatable bonds is 6. The molecule has 0 atom stereocenters. The minimum atomic E-state index is -3.51. The Morgan fingerprint density at radius 1 is 1.28 bits per heavy atom. The molecule has 0 saturated carbocycles. The van der Waals surface area contributed by atoms with Crippen LogP contribution < -0.4 is 5.56 Å². The average Bonchev–Trinajstić information content (AvgIpc) is 2.54. The number of sulfone groups is 1. The minimum Gasteiger partial charge on any atom is -0.318 e. The van der Waals surface area contributed by atoms with Crippen molar-refractivity contribution in [2.75, 3.05) is 6.26 Å². The summed E-state index contributed by atoms with van der Waals surface area (Å²) in [6.45, 7) is 6.01. The van der Waals surface area contributed by atoms with Gasteiger partial charge in [-0.05, 0) is 30.4 Å². The number of hydrogen-bond acceptors (Lipinski definition) is 5. The fourth-order valence-electron chi connectivity index (χ4n) is 2.65. The maximum atomic E-state index is 12.3. The number of pyridine rings is 1. The molecule has 25 heavy (non-hydrogen) atoms. The van der Waals surface area contributed by atoms with E-state index in [4.69, 9.17) is 0 Å². The minimum absolute atomic E-state index is 0.0498. The third-order valence-electron chi connectivity index (χ3n) is 4.08. The summed E-state index contributed by atoms with van der Waals surface area (Å²) in [7, 11) is -1.81. The molecule has 2 aromatic heterocycles. The molecule has 6 nitrogen and oxygen atoms in total. The van der Waals surface area contributed by atoms with Crippen LogP contribution >= 0.6 is 0 Å². The Morgan fingerprint density at radius 2 is 1.96 bits per heavy atom. The van der Waals surface area contributed by atoms with Crippen LogP contribution in [0.25, 0.3) is 11.3 Å². The smallest absolute Gasteiger partial charge is 0.253 e. The normalized spacial score (nSPS) is 11.9. The summed E-state index contributed by atoms with van der Waals surface area (Å²) >= 11 is 0. The van der Waals surface area contributed by atoms with Crippen LogP contribution in [0.1, 0.15) is 50.7 Å². The highest BCUT2D eigenvalue weighted by Crippen LogP contribution is 2.25. The number of aryl methyl sites for hydroxylation is 2. The lowest BCUT2D eigenvalue weighted by molar-refractivity contribution is 0.592. The van der Waals surface area contributed by atoms with Crippen molar-refractivity contribution in [2.45, 2.75) is 51.1 Å². The van der Waals surface area contributed by atoms with Crippen molar-refractivity contribution < 1.29 is 8.42 Å². The second-order valence-corrected chi connectivity index (χ2v) is 8.57. The van der Waals surface area contributed by atoms with E-state index < -0.39 is 9.84 Å². The van der Waals surface area contributed by atoms with Crippen LogP contribution in [0.4, 0.5) is 0 Å². The molecule has 0 bridgehead atoms. The Labute approximate surface area is 148 Å². The molecule has 2 rings (SSSR count). The highest BCUT2D eigenvalue weighted by atomic mass is 32.2. The Bertz CT molecular complexity index is 931. The molecule has 136 valence electrons. The first-order valence-corrected chi connectivity index (χ1v) is 10.3. The van der Waals surface area contributed by atoms with Gasteiger partial charge >= 0.3 is 0 Å².